The van der Waals surface area contributed by atoms with Crippen LogP contribution in [-0.2, 0) is 11.2 Å². The Hall–Kier alpha value is -2.10. The average molecular weight is 299 g/mol. The molecule has 4 nitrogen and oxygen atoms in total. The lowest BCUT2D eigenvalue weighted by molar-refractivity contribution is -0.116. The summed E-state index contributed by atoms with van der Waals surface area (Å²) < 4.78 is 1.95. The number of benzene rings is 1. The molecule has 1 aromatic heterocycles. The minimum absolute atomic E-state index is 0.0379. The molecule has 22 heavy (non-hydrogen) atoms. The third kappa shape index (κ3) is 4.20. The normalized spacial score (nSPS) is 10.9. The third-order valence-electron chi connectivity index (χ3n) is 3.90. The van der Waals surface area contributed by atoms with E-state index in [0.29, 0.717) is 12.5 Å². The molecule has 0 spiro atoms. The zero-order valence-electron chi connectivity index (χ0n) is 13.7. The minimum atomic E-state index is 0.0379. The van der Waals surface area contributed by atoms with E-state index in [4.69, 9.17) is 0 Å². The Labute approximate surface area is 132 Å². The van der Waals surface area contributed by atoms with Crippen LogP contribution in [0.3, 0.4) is 0 Å². The molecular formula is C18H25N3O. The van der Waals surface area contributed by atoms with Crippen molar-refractivity contribution in [3.63, 3.8) is 0 Å². The first-order chi connectivity index (χ1) is 10.6. The van der Waals surface area contributed by atoms with Crippen molar-refractivity contribution in [2.24, 2.45) is 0 Å². The standard InChI is InChI=1S/C18H25N3O/c1-4-16(5-2)21-17(13-14(3)20-21)19-18(22)12-11-15-9-7-6-8-10-15/h6-10,13,16H,4-5,11-12H2,1-3H3,(H,19,22). The van der Waals surface area contributed by atoms with Crippen LogP contribution in [0.25, 0.3) is 0 Å². The molecule has 0 bridgehead atoms. The number of carbonyl (C=O) groups is 1. The number of amides is 1. The molecule has 118 valence electrons. The van der Waals surface area contributed by atoms with Gasteiger partial charge in [-0.2, -0.15) is 5.10 Å². The Morgan fingerprint density at radius 1 is 1.23 bits per heavy atom. The van der Waals surface area contributed by atoms with Crippen LogP contribution in [0.1, 0.15) is 50.4 Å². The molecule has 2 rings (SSSR count). The molecule has 0 atom stereocenters. The van der Waals surface area contributed by atoms with Crippen LogP contribution in [0, 0.1) is 6.92 Å². The van der Waals surface area contributed by atoms with Gasteiger partial charge in [-0.1, -0.05) is 44.2 Å². The predicted molar refractivity (Wildman–Crippen MR) is 90.0 cm³/mol. The van der Waals surface area contributed by atoms with Gasteiger partial charge in [0.05, 0.1) is 11.7 Å². The van der Waals surface area contributed by atoms with Crippen LogP contribution in [0.15, 0.2) is 36.4 Å². The molecule has 2 aromatic rings. The fourth-order valence-corrected chi connectivity index (χ4v) is 2.63. The van der Waals surface area contributed by atoms with Gasteiger partial charge in [0.25, 0.3) is 0 Å². The van der Waals surface area contributed by atoms with E-state index in [9.17, 15) is 4.79 Å². The monoisotopic (exact) mass is 299 g/mol. The van der Waals surface area contributed by atoms with Gasteiger partial charge in [0.2, 0.25) is 5.91 Å². The largest absolute Gasteiger partial charge is 0.311 e. The Balaban J connectivity index is 1.99. The van der Waals surface area contributed by atoms with Gasteiger partial charge in [0.15, 0.2) is 0 Å². The summed E-state index contributed by atoms with van der Waals surface area (Å²) in [5.41, 5.74) is 2.12. The van der Waals surface area contributed by atoms with Crippen molar-refractivity contribution in [3.8, 4) is 0 Å². The van der Waals surface area contributed by atoms with Crippen LogP contribution in [0.2, 0.25) is 0 Å². The maximum atomic E-state index is 12.2. The van der Waals surface area contributed by atoms with E-state index in [1.807, 2.05) is 48.0 Å². The SMILES string of the molecule is CCC(CC)n1nc(C)cc1NC(=O)CCc1ccccc1. The van der Waals surface area contributed by atoms with Gasteiger partial charge in [-0.25, -0.2) is 4.68 Å². The highest BCUT2D eigenvalue weighted by molar-refractivity contribution is 5.90. The van der Waals surface area contributed by atoms with Crippen LogP contribution >= 0.6 is 0 Å². The lowest BCUT2D eigenvalue weighted by Crippen LogP contribution is -2.18. The van der Waals surface area contributed by atoms with Crippen LogP contribution < -0.4 is 5.32 Å². The van der Waals surface area contributed by atoms with Gasteiger partial charge in [-0.05, 0) is 31.7 Å². The summed E-state index contributed by atoms with van der Waals surface area (Å²) in [6.45, 7) is 6.25. The number of carbonyl (C=O) groups excluding carboxylic acids is 1. The highest BCUT2D eigenvalue weighted by atomic mass is 16.1. The summed E-state index contributed by atoms with van der Waals surface area (Å²) in [6, 6.07) is 12.4. The molecule has 0 fully saturated rings. The average Bonchev–Trinajstić information content (AvgIpc) is 2.88. The number of nitrogens with zero attached hydrogens (tertiary/aromatic N) is 2. The lowest BCUT2D eigenvalue weighted by Gasteiger charge is -2.17. The molecule has 0 aliphatic rings. The van der Waals surface area contributed by atoms with E-state index < -0.39 is 0 Å². The molecule has 1 aromatic carbocycles. The molecule has 0 radical (unpaired) electrons. The predicted octanol–water partition coefficient (Wildman–Crippen LogP) is 4.12. The molecule has 1 amide bonds. The van der Waals surface area contributed by atoms with E-state index in [1.165, 1.54) is 5.56 Å². The Bertz CT molecular complexity index is 600. The van der Waals surface area contributed by atoms with Gasteiger partial charge in [0, 0.05) is 12.5 Å². The summed E-state index contributed by atoms with van der Waals surface area (Å²) >= 11 is 0. The number of anilines is 1. The smallest absolute Gasteiger partial charge is 0.225 e. The van der Waals surface area contributed by atoms with Crippen LogP contribution in [0.4, 0.5) is 5.82 Å². The summed E-state index contributed by atoms with van der Waals surface area (Å²) in [5, 5.41) is 7.54. The molecule has 4 heteroatoms. The van der Waals surface area contributed by atoms with Crippen molar-refractivity contribution in [2.75, 3.05) is 5.32 Å². The van der Waals surface area contributed by atoms with Gasteiger partial charge < -0.3 is 5.32 Å². The van der Waals surface area contributed by atoms with Crippen molar-refractivity contribution < 1.29 is 4.79 Å². The van der Waals surface area contributed by atoms with Crippen LogP contribution in [0.5, 0.6) is 0 Å². The number of hydrogen-bond acceptors (Lipinski definition) is 2. The van der Waals surface area contributed by atoms with Gasteiger partial charge in [-0.3, -0.25) is 4.79 Å². The zero-order chi connectivity index (χ0) is 15.9. The molecule has 0 saturated heterocycles. The molecule has 0 saturated carbocycles. The number of aromatic nitrogens is 2. The number of rotatable bonds is 7. The van der Waals surface area contributed by atoms with Crippen molar-refractivity contribution in [3.05, 3.63) is 47.7 Å². The van der Waals surface area contributed by atoms with Crippen LogP contribution in [-0.4, -0.2) is 15.7 Å². The summed E-state index contributed by atoms with van der Waals surface area (Å²) in [4.78, 5) is 12.2. The van der Waals surface area contributed by atoms with Gasteiger partial charge >= 0.3 is 0 Å². The fraction of sp³-hybridized carbons (Fsp3) is 0.444. The van der Waals surface area contributed by atoms with E-state index in [-0.39, 0.29) is 5.91 Å². The first-order valence-electron chi connectivity index (χ1n) is 8.04. The third-order valence-corrected chi connectivity index (χ3v) is 3.90. The topological polar surface area (TPSA) is 46.9 Å². The molecular weight excluding hydrogens is 274 g/mol. The quantitative estimate of drug-likeness (QED) is 0.835. The Morgan fingerprint density at radius 3 is 2.55 bits per heavy atom. The summed E-state index contributed by atoms with van der Waals surface area (Å²) in [7, 11) is 0. The van der Waals surface area contributed by atoms with E-state index in [1.54, 1.807) is 0 Å². The number of nitrogens with one attached hydrogen (secondary N) is 1. The number of hydrogen-bond donors (Lipinski definition) is 1. The number of aryl methyl sites for hydroxylation is 2. The molecule has 1 N–H and O–H groups in total. The van der Waals surface area contributed by atoms with Crippen molar-refractivity contribution in [2.45, 2.75) is 52.5 Å². The zero-order valence-corrected chi connectivity index (χ0v) is 13.7. The first kappa shape index (κ1) is 16.3. The van der Waals surface area contributed by atoms with E-state index >= 15 is 0 Å². The Morgan fingerprint density at radius 2 is 1.91 bits per heavy atom. The molecule has 0 unspecified atom stereocenters. The van der Waals surface area contributed by atoms with E-state index in [0.717, 1.165) is 30.8 Å². The fourth-order valence-electron chi connectivity index (χ4n) is 2.63. The van der Waals surface area contributed by atoms with E-state index in [2.05, 4.69) is 24.3 Å². The maximum Gasteiger partial charge on any atom is 0.225 e. The molecule has 0 aliphatic carbocycles. The second-order valence-electron chi connectivity index (χ2n) is 5.62. The minimum Gasteiger partial charge on any atom is -0.311 e. The van der Waals surface area contributed by atoms with Gasteiger partial charge in [0.1, 0.15) is 5.82 Å². The highest BCUT2D eigenvalue weighted by Gasteiger charge is 2.15. The lowest BCUT2D eigenvalue weighted by atomic mass is 10.1. The van der Waals surface area contributed by atoms with Crippen molar-refractivity contribution in [1.82, 2.24) is 9.78 Å². The maximum absolute atomic E-state index is 12.2. The highest BCUT2D eigenvalue weighted by Crippen LogP contribution is 2.22. The van der Waals surface area contributed by atoms with Crippen molar-refractivity contribution >= 4 is 11.7 Å². The van der Waals surface area contributed by atoms with Gasteiger partial charge in [-0.15, -0.1) is 0 Å². The second kappa shape index (κ2) is 7.78. The van der Waals surface area contributed by atoms with Crippen molar-refractivity contribution in [1.29, 1.82) is 0 Å². The summed E-state index contributed by atoms with van der Waals surface area (Å²) in [6.07, 6.45) is 3.25. The first-order valence-corrected chi connectivity index (χ1v) is 8.04. The Kier molecular flexibility index (Phi) is 5.75. The molecule has 1 heterocycles. The summed E-state index contributed by atoms with van der Waals surface area (Å²) in [5.74, 6) is 0.847. The molecule has 0 aliphatic heterocycles. The second-order valence-corrected chi connectivity index (χ2v) is 5.62.